The van der Waals surface area contributed by atoms with Gasteiger partial charge >= 0.3 is 0 Å². The second-order valence-electron chi connectivity index (χ2n) is 3.85. The Morgan fingerprint density at radius 3 is 2.67 bits per heavy atom. The molecule has 2 heteroatoms. The summed E-state index contributed by atoms with van der Waals surface area (Å²) in [5.41, 5.74) is 0. The van der Waals surface area contributed by atoms with Crippen LogP contribution in [0.3, 0.4) is 0 Å². The molecule has 0 aromatic carbocycles. The molecule has 0 saturated heterocycles. The van der Waals surface area contributed by atoms with E-state index in [1.54, 1.807) is 0 Å². The van der Waals surface area contributed by atoms with Gasteiger partial charge in [-0.25, -0.2) is 0 Å². The molecule has 0 aromatic rings. The molecule has 1 radical (unpaired) electrons. The lowest BCUT2D eigenvalue weighted by Gasteiger charge is -2.09. The minimum absolute atomic E-state index is 0.812. The summed E-state index contributed by atoms with van der Waals surface area (Å²) >= 11 is 0. The van der Waals surface area contributed by atoms with Crippen molar-refractivity contribution in [1.29, 1.82) is 0 Å². The molecular weight excluding hydrogens is 145 g/mol. The third-order valence-corrected chi connectivity index (χ3v) is 2.66. The summed E-state index contributed by atoms with van der Waals surface area (Å²) in [7, 11) is 2.28. The van der Waals surface area contributed by atoms with Gasteiger partial charge in [-0.1, -0.05) is 45.3 Å². The predicted octanol–water partition coefficient (Wildman–Crippen LogP) is 2.75. The average molecular weight is 166 g/mol. The van der Waals surface area contributed by atoms with Gasteiger partial charge in [0.15, 0.2) is 0 Å². The van der Waals surface area contributed by atoms with Crippen LogP contribution in [0.25, 0.3) is 0 Å². The third kappa shape index (κ3) is 4.15. The zero-order chi connectivity index (χ0) is 8.65. The number of unbranched alkanes of at least 4 members (excludes halogenated alkanes) is 2. The van der Waals surface area contributed by atoms with Crippen molar-refractivity contribution in [2.24, 2.45) is 0 Å². The summed E-state index contributed by atoms with van der Waals surface area (Å²) in [5, 5.41) is 3.52. The van der Waals surface area contributed by atoms with E-state index in [-0.39, 0.29) is 0 Å². The maximum absolute atomic E-state index is 3.52. The van der Waals surface area contributed by atoms with Crippen LogP contribution in [0.2, 0.25) is 6.32 Å². The molecule has 0 spiro atoms. The van der Waals surface area contributed by atoms with E-state index in [1.165, 1.54) is 51.3 Å². The Labute approximate surface area is 77.6 Å². The number of nitrogens with one attached hydrogen (secondary N) is 1. The van der Waals surface area contributed by atoms with E-state index in [0.29, 0.717) is 0 Å². The lowest BCUT2D eigenvalue weighted by Crippen LogP contribution is -2.29. The monoisotopic (exact) mass is 166 g/mol. The first-order chi connectivity index (χ1) is 5.93. The highest BCUT2D eigenvalue weighted by atomic mass is 14.8. The summed E-state index contributed by atoms with van der Waals surface area (Å²) in [6.07, 6.45) is 11.0. The molecule has 1 nitrogen and oxygen atoms in total. The van der Waals surface area contributed by atoms with Crippen LogP contribution in [0.1, 0.15) is 51.9 Å². The quantitative estimate of drug-likeness (QED) is 0.472. The van der Waals surface area contributed by atoms with Gasteiger partial charge in [0.25, 0.3) is 0 Å². The van der Waals surface area contributed by atoms with Crippen LogP contribution in [0.15, 0.2) is 0 Å². The first-order valence-corrected chi connectivity index (χ1v) is 5.51. The minimum Gasteiger partial charge on any atom is -0.358 e. The summed E-state index contributed by atoms with van der Waals surface area (Å²) in [4.78, 5) is 0. The highest BCUT2D eigenvalue weighted by Gasteiger charge is 2.13. The molecule has 0 amide bonds. The predicted molar refractivity (Wildman–Crippen MR) is 55.5 cm³/mol. The molecule has 1 rings (SSSR count). The summed E-state index contributed by atoms with van der Waals surface area (Å²) in [6, 6.07) is 0.812. The standard InChI is InChI=1S/C10H21BN/c1-2-3-6-9-11-12-10-7-4-5-8-10/h10,12H,2-9H2,1H3. The zero-order valence-corrected chi connectivity index (χ0v) is 8.31. The van der Waals surface area contributed by atoms with Crippen LogP contribution in [-0.4, -0.2) is 13.5 Å². The van der Waals surface area contributed by atoms with Gasteiger partial charge in [0.1, 0.15) is 0 Å². The van der Waals surface area contributed by atoms with Gasteiger partial charge in [-0.05, 0) is 18.9 Å². The molecule has 1 aliphatic rings. The maximum Gasteiger partial charge on any atom is 0.205 e. The molecule has 0 heterocycles. The molecule has 12 heavy (non-hydrogen) atoms. The lowest BCUT2D eigenvalue weighted by molar-refractivity contribution is 0.639. The second kappa shape index (κ2) is 6.53. The fourth-order valence-corrected chi connectivity index (χ4v) is 1.84. The van der Waals surface area contributed by atoms with Crippen molar-refractivity contribution in [2.75, 3.05) is 0 Å². The van der Waals surface area contributed by atoms with Crippen LogP contribution in [0.4, 0.5) is 0 Å². The van der Waals surface area contributed by atoms with Crippen molar-refractivity contribution in [1.82, 2.24) is 5.23 Å². The van der Waals surface area contributed by atoms with Gasteiger partial charge in [-0.3, -0.25) is 0 Å². The normalized spacial score (nSPS) is 18.4. The third-order valence-electron chi connectivity index (χ3n) is 2.66. The highest BCUT2D eigenvalue weighted by molar-refractivity contribution is 6.32. The van der Waals surface area contributed by atoms with E-state index in [1.807, 2.05) is 0 Å². The topological polar surface area (TPSA) is 12.0 Å². The molecule has 0 atom stereocenters. The second-order valence-corrected chi connectivity index (χ2v) is 3.85. The fourth-order valence-electron chi connectivity index (χ4n) is 1.84. The number of hydrogen-bond donors (Lipinski definition) is 1. The minimum atomic E-state index is 0.812. The molecular formula is C10H21BN. The van der Waals surface area contributed by atoms with Gasteiger partial charge in [-0.2, -0.15) is 0 Å². The van der Waals surface area contributed by atoms with E-state index in [2.05, 4.69) is 19.6 Å². The van der Waals surface area contributed by atoms with Gasteiger partial charge < -0.3 is 5.23 Å². The van der Waals surface area contributed by atoms with Crippen LogP contribution in [-0.2, 0) is 0 Å². The van der Waals surface area contributed by atoms with Crippen molar-refractivity contribution < 1.29 is 0 Å². The summed E-state index contributed by atoms with van der Waals surface area (Å²) in [6.45, 7) is 2.25. The zero-order valence-electron chi connectivity index (χ0n) is 8.31. The Kier molecular flexibility index (Phi) is 5.50. The average Bonchev–Trinajstić information content (AvgIpc) is 2.57. The maximum atomic E-state index is 3.52. The SMILES string of the molecule is CCCCC[B]NC1CCCC1. The molecule has 1 N–H and O–H groups in total. The first kappa shape index (κ1) is 10.1. The summed E-state index contributed by atoms with van der Waals surface area (Å²) in [5.74, 6) is 0. The van der Waals surface area contributed by atoms with Gasteiger partial charge in [0.05, 0.1) is 0 Å². The van der Waals surface area contributed by atoms with Gasteiger partial charge in [0, 0.05) is 0 Å². The van der Waals surface area contributed by atoms with Gasteiger partial charge in [-0.15, -0.1) is 0 Å². The number of rotatable bonds is 6. The van der Waals surface area contributed by atoms with Crippen molar-refractivity contribution in [3.8, 4) is 0 Å². The van der Waals surface area contributed by atoms with Crippen molar-refractivity contribution in [3.63, 3.8) is 0 Å². The van der Waals surface area contributed by atoms with Crippen molar-refractivity contribution >= 4 is 7.41 Å². The Balaban J connectivity index is 1.81. The van der Waals surface area contributed by atoms with Crippen molar-refractivity contribution in [3.05, 3.63) is 0 Å². The fraction of sp³-hybridized carbons (Fsp3) is 1.00. The van der Waals surface area contributed by atoms with Gasteiger partial charge in [0.2, 0.25) is 7.41 Å². The summed E-state index contributed by atoms with van der Waals surface area (Å²) < 4.78 is 0. The Bertz CT molecular complexity index is 100. The van der Waals surface area contributed by atoms with E-state index < -0.39 is 0 Å². The lowest BCUT2D eigenvalue weighted by atomic mass is 9.84. The van der Waals surface area contributed by atoms with Crippen LogP contribution in [0, 0.1) is 0 Å². The Hall–Kier alpha value is 0.0249. The molecule has 0 bridgehead atoms. The van der Waals surface area contributed by atoms with Crippen LogP contribution >= 0.6 is 0 Å². The Morgan fingerprint density at radius 2 is 2.00 bits per heavy atom. The van der Waals surface area contributed by atoms with E-state index >= 15 is 0 Å². The molecule has 1 saturated carbocycles. The first-order valence-electron chi connectivity index (χ1n) is 5.51. The van der Waals surface area contributed by atoms with Crippen LogP contribution < -0.4 is 5.23 Å². The molecule has 0 aromatic heterocycles. The van der Waals surface area contributed by atoms with E-state index in [4.69, 9.17) is 0 Å². The molecule has 69 valence electrons. The van der Waals surface area contributed by atoms with Crippen LogP contribution in [0.5, 0.6) is 0 Å². The Morgan fingerprint density at radius 1 is 1.25 bits per heavy atom. The smallest absolute Gasteiger partial charge is 0.205 e. The van der Waals surface area contributed by atoms with E-state index in [9.17, 15) is 0 Å². The highest BCUT2D eigenvalue weighted by Crippen LogP contribution is 2.17. The molecule has 0 aliphatic heterocycles. The molecule has 1 fully saturated rings. The largest absolute Gasteiger partial charge is 0.358 e. The molecule has 0 unspecified atom stereocenters. The number of hydrogen-bond acceptors (Lipinski definition) is 1. The molecule has 1 aliphatic carbocycles. The van der Waals surface area contributed by atoms with E-state index in [0.717, 1.165) is 6.04 Å². The van der Waals surface area contributed by atoms with Crippen molar-refractivity contribution in [2.45, 2.75) is 64.2 Å².